The second-order valence-corrected chi connectivity index (χ2v) is 14.8. The van der Waals surface area contributed by atoms with Crippen LogP contribution in [0.1, 0.15) is 63.0 Å². The number of carboxylic acid groups (broad SMARTS) is 1. The molecular formula is C28H34N3NaO9S2. The summed E-state index contributed by atoms with van der Waals surface area (Å²) >= 11 is 0. The molecule has 0 saturated heterocycles. The van der Waals surface area contributed by atoms with E-state index in [0.29, 0.717) is 59.4 Å². The Labute approximate surface area is 273 Å². The summed E-state index contributed by atoms with van der Waals surface area (Å²) in [7, 11) is -8.82. The first kappa shape index (κ1) is 33.8. The van der Waals surface area contributed by atoms with Gasteiger partial charge in [-0.05, 0) is 50.8 Å². The molecule has 0 fully saturated rings. The number of carboxylic acids is 1. The summed E-state index contributed by atoms with van der Waals surface area (Å²) in [6.07, 6.45) is 2.63. The number of hydrogen-bond donors (Lipinski definition) is 1. The molecule has 3 aliphatic heterocycles. The van der Waals surface area contributed by atoms with E-state index in [-0.39, 0.29) is 42.4 Å². The summed E-state index contributed by atoms with van der Waals surface area (Å²) in [5.74, 6) is -1.50. The summed E-state index contributed by atoms with van der Waals surface area (Å²) in [6, 6.07) is 7.38. The molecule has 3 heterocycles. The fourth-order valence-corrected chi connectivity index (χ4v) is 7.69. The van der Waals surface area contributed by atoms with Gasteiger partial charge in [0.2, 0.25) is 5.36 Å². The quantitative estimate of drug-likeness (QED) is 0.157. The Bertz CT molecular complexity index is 1780. The van der Waals surface area contributed by atoms with Gasteiger partial charge < -0.3 is 23.8 Å². The summed E-state index contributed by atoms with van der Waals surface area (Å²) in [6.45, 7) is 5.44. The van der Waals surface area contributed by atoms with E-state index in [4.69, 9.17) is 9.73 Å². The molecule has 1 unspecified atom stereocenters. The largest absolute Gasteiger partial charge is 1.00 e. The van der Waals surface area contributed by atoms with E-state index in [9.17, 15) is 35.8 Å². The molecule has 2 aromatic carbocycles. The van der Waals surface area contributed by atoms with Crippen LogP contribution in [0.25, 0.3) is 0 Å². The van der Waals surface area contributed by atoms with Gasteiger partial charge in [0.15, 0.2) is 17.0 Å². The molecule has 228 valence electrons. The molecule has 0 amide bonds. The predicted octanol–water partition coefficient (Wildman–Crippen LogP) is -1.40. The van der Waals surface area contributed by atoms with E-state index >= 15 is 0 Å². The number of carbonyl (C=O) groups is 1. The molecule has 1 atom stereocenters. The first-order valence-electron chi connectivity index (χ1n) is 14.0. The molecule has 3 aliphatic rings. The van der Waals surface area contributed by atoms with Crippen LogP contribution in [0.4, 0.5) is 11.4 Å². The third-order valence-corrected chi connectivity index (χ3v) is 9.75. The van der Waals surface area contributed by atoms with Gasteiger partial charge in [-0.2, -0.15) is 0 Å². The normalized spacial score (nSPS) is 18.7. The standard InChI is InChI=1S/C28H35N3O9S2.Na/c1-28(2)16-19(17-42(37,38)39)20-13-22-26(15-24(20)31(28)10-4-7-27(32)33)40-25-14-23-18(12-21(25)29-22)6-3-8-30(23)9-5-11-41(34,35)36;/h12-15,19H,3-11,16-17H2,1-2H3,(H2-,32,33,34,35,36,37,38,39);/q;+1/p-1. The van der Waals surface area contributed by atoms with Crippen molar-refractivity contribution in [2.75, 3.05) is 36.0 Å². The Kier molecular flexibility index (Phi) is 10.0. The number of fused-ring (bicyclic) bond motifs is 4. The first-order chi connectivity index (χ1) is 19.6. The fraction of sp³-hybridized carbons (Fsp3) is 0.536. The summed E-state index contributed by atoms with van der Waals surface area (Å²) in [5, 5.41) is 10.4. The van der Waals surface area contributed by atoms with Crippen LogP contribution >= 0.6 is 0 Å². The van der Waals surface area contributed by atoms with E-state index in [1.807, 2.05) is 26.0 Å². The van der Waals surface area contributed by atoms with Gasteiger partial charge in [0.1, 0.15) is 17.6 Å². The molecule has 0 saturated carbocycles. The Morgan fingerprint density at radius 1 is 1.12 bits per heavy atom. The molecule has 0 bridgehead atoms. The minimum Gasteiger partial charge on any atom is -0.748 e. The Morgan fingerprint density at radius 2 is 1.86 bits per heavy atom. The number of aryl methyl sites for hydroxylation is 1. The summed E-state index contributed by atoms with van der Waals surface area (Å²) in [5.41, 5.74) is 2.64. The van der Waals surface area contributed by atoms with Crippen molar-refractivity contribution in [3.05, 3.63) is 46.1 Å². The molecule has 43 heavy (non-hydrogen) atoms. The number of rotatable bonds is 10. The Balaban J connectivity index is 0.00000423. The number of hydrogen-bond acceptors (Lipinski definition) is 10. The van der Waals surface area contributed by atoms with Crippen molar-refractivity contribution in [3.8, 4) is 11.5 Å². The van der Waals surface area contributed by atoms with Gasteiger partial charge in [0.05, 0.1) is 32.7 Å². The van der Waals surface area contributed by atoms with Crippen LogP contribution in [-0.4, -0.2) is 73.7 Å². The van der Waals surface area contributed by atoms with E-state index in [1.165, 1.54) is 0 Å². The molecule has 5 rings (SSSR count). The SMILES string of the molecule is CC1(C)CC(CS(=O)(=O)[O-])c2cc3c(cc2=[N+]1CCCC(=O)O)Oc1cc2c(cc1N=3)CCCN2CCCS(=O)(=O)[O-].[Na+]. The van der Waals surface area contributed by atoms with E-state index in [2.05, 4.69) is 9.48 Å². The minimum absolute atomic E-state index is 0. The zero-order chi connectivity index (χ0) is 30.4. The van der Waals surface area contributed by atoms with Gasteiger partial charge >= 0.3 is 35.5 Å². The minimum atomic E-state index is -4.53. The Hall–Kier alpha value is -2.07. The fourth-order valence-electron chi connectivity index (χ4n) is 6.42. The monoisotopic (exact) mass is 643 g/mol. The third-order valence-electron chi connectivity index (χ3n) is 8.15. The van der Waals surface area contributed by atoms with Crippen molar-refractivity contribution in [1.29, 1.82) is 0 Å². The maximum Gasteiger partial charge on any atom is 1.00 e. The van der Waals surface area contributed by atoms with Gasteiger partial charge in [-0.15, -0.1) is 0 Å². The topological polar surface area (TPSA) is 180 Å². The van der Waals surface area contributed by atoms with Crippen LogP contribution < -0.4 is 54.5 Å². The van der Waals surface area contributed by atoms with Crippen molar-refractivity contribution < 1.29 is 70.1 Å². The van der Waals surface area contributed by atoms with Crippen LogP contribution in [0.5, 0.6) is 11.5 Å². The van der Waals surface area contributed by atoms with Crippen LogP contribution in [0.15, 0.2) is 29.3 Å². The van der Waals surface area contributed by atoms with Crippen LogP contribution in [0, 0.1) is 0 Å². The summed E-state index contributed by atoms with van der Waals surface area (Å²) < 4.78 is 77.2. The van der Waals surface area contributed by atoms with Crippen molar-refractivity contribution in [1.82, 2.24) is 4.58 Å². The van der Waals surface area contributed by atoms with Gasteiger partial charge in [0.25, 0.3) is 0 Å². The van der Waals surface area contributed by atoms with Crippen LogP contribution in [-0.2, 0) is 31.5 Å². The zero-order valence-corrected chi connectivity index (χ0v) is 28.2. The Morgan fingerprint density at radius 3 is 2.53 bits per heavy atom. The van der Waals surface area contributed by atoms with Gasteiger partial charge in [-0.3, -0.25) is 4.79 Å². The smallest absolute Gasteiger partial charge is 0.748 e. The molecule has 2 aromatic rings. The molecule has 0 aromatic heterocycles. The number of nitrogens with zero attached hydrogens (tertiary/aromatic N) is 3. The molecule has 1 N–H and O–H groups in total. The van der Waals surface area contributed by atoms with E-state index in [0.717, 1.165) is 30.6 Å². The van der Waals surface area contributed by atoms with Crippen molar-refractivity contribution in [3.63, 3.8) is 0 Å². The number of benzene rings is 2. The van der Waals surface area contributed by atoms with Crippen molar-refractivity contribution >= 4 is 37.6 Å². The summed E-state index contributed by atoms with van der Waals surface area (Å²) in [4.78, 5) is 18.1. The molecule has 0 aliphatic carbocycles. The molecule has 12 nitrogen and oxygen atoms in total. The van der Waals surface area contributed by atoms with E-state index in [1.54, 1.807) is 12.1 Å². The maximum absolute atomic E-state index is 11.8. The van der Waals surface area contributed by atoms with Gasteiger partial charge in [-0.25, -0.2) is 26.4 Å². The van der Waals surface area contributed by atoms with Crippen LogP contribution in [0.3, 0.4) is 0 Å². The van der Waals surface area contributed by atoms with Gasteiger partial charge in [-0.1, -0.05) is 0 Å². The molecule has 0 spiro atoms. The van der Waals surface area contributed by atoms with E-state index < -0.39 is 49.2 Å². The third kappa shape index (κ3) is 7.96. The average molecular weight is 644 g/mol. The number of anilines is 1. The molecular weight excluding hydrogens is 609 g/mol. The maximum atomic E-state index is 11.8. The number of ether oxygens (including phenoxy) is 1. The molecule has 0 radical (unpaired) electrons. The van der Waals surface area contributed by atoms with Gasteiger partial charge in [0, 0.05) is 60.7 Å². The van der Waals surface area contributed by atoms with Crippen molar-refractivity contribution in [2.45, 2.75) is 63.8 Å². The van der Waals surface area contributed by atoms with Crippen LogP contribution in [0.2, 0.25) is 0 Å². The zero-order valence-electron chi connectivity index (χ0n) is 24.5. The first-order valence-corrected chi connectivity index (χ1v) is 17.1. The average Bonchev–Trinajstić information content (AvgIpc) is 2.85. The number of aliphatic carboxylic acids is 1. The molecule has 15 heteroatoms. The predicted molar refractivity (Wildman–Crippen MR) is 152 cm³/mol. The second-order valence-electron chi connectivity index (χ2n) is 11.8. The van der Waals surface area contributed by atoms with Crippen molar-refractivity contribution in [2.24, 2.45) is 4.99 Å². The second kappa shape index (κ2) is 12.7.